The zero-order valence-corrected chi connectivity index (χ0v) is 15.4. The molecule has 1 amide bonds. The molecule has 3 rings (SSSR count). The van der Waals surface area contributed by atoms with Crippen molar-refractivity contribution in [2.45, 2.75) is 39.2 Å². The highest BCUT2D eigenvalue weighted by Gasteiger charge is 2.22. The Bertz CT molecular complexity index is 753. The van der Waals surface area contributed by atoms with E-state index in [1.165, 1.54) is 11.3 Å². The van der Waals surface area contributed by atoms with Crippen molar-refractivity contribution in [3.8, 4) is 5.75 Å². The van der Waals surface area contributed by atoms with E-state index in [9.17, 15) is 4.79 Å². The third-order valence-corrected chi connectivity index (χ3v) is 4.91. The molecule has 1 aliphatic heterocycles. The van der Waals surface area contributed by atoms with Gasteiger partial charge in [-0.1, -0.05) is 12.1 Å². The van der Waals surface area contributed by atoms with E-state index < -0.39 is 0 Å². The second kappa shape index (κ2) is 7.18. The van der Waals surface area contributed by atoms with Crippen LogP contribution in [-0.2, 0) is 11.2 Å². The number of nitrogens with zero attached hydrogens (tertiary/aromatic N) is 1. The Morgan fingerprint density at radius 2 is 1.84 bits per heavy atom. The summed E-state index contributed by atoms with van der Waals surface area (Å²) in [6.45, 7) is 7.39. The summed E-state index contributed by atoms with van der Waals surface area (Å²) in [4.78, 5) is 15.0. The molecule has 0 spiro atoms. The summed E-state index contributed by atoms with van der Waals surface area (Å²) in [6, 6.07) is 14.4. The number of fused-ring (bicyclic) bond motifs is 1. The molecule has 0 saturated carbocycles. The second-order valence-corrected chi connectivity index (χ2v) is 6.86. The zero-order valence-electron chi connectivity index (χ0n) is 15.4. The number of ether oxygens (including phenoxy) is 1. The summed E-state index contributed by atoms with van der Waals surface area (Å²) < 4.78 is 5.17. The quantitative estimate of drug-likeness (QED) is 0.888. The number of carbonyl (C=O) groups is 1. The zero-order chi connectivity index (χ0) is 18.0. The summed E-state index contributed by atoms with van der Waals surface area (Å²) >= 11 is 0. The molecule has 4 nitrogen and oxygen atoms in total. The van der Waals surface area contributed by atoms with Gasteiger partial charge in [-0.25, -0.2) is 0 Å². The van der Waals surface area contributed by atoms with Gasteiger partial charge in [0.15, 0.2) is 0 Å². The molecule has 1 unspecified atom stereocenters. The summed E-state index contributed by atoms with van der Waals surface area (Å²) in [5.41, 5.74) is 4.44. The maximum atomic E-state index is 12.6. The van der Waals surface area contributed by atoms with Crippen LogP contribution in [0.25, 0.3) is 0 Å². The van der Waals surface area contributed by atoms with Gasteiger partial charge in [0.2, 0.25) is 5.91 Å². The molecule has 0 radical (unpaired) electrons. The van der Waals surface area contributed by atoms with Crippen LogP contribution in [0.5, 0.6) is 5.75 Å². The fourth-order valence-corrected chi connectivity index (χ4v) is 3.34. The van der Waals surface area contributed by atoms with E-state index in [2.05, 4.69) is 36.2 Å². The highest BCUT2D eigenvalue weighted by molar-refractivity contribution is 5.96. The van der Waals surface area contributed by atoms with Crippen LogP contribution >= 0.6 is 0 Å². The van der Waals surface area contributed by atoms with Crippen LogP contribution in [-0.4, -0.2) is 25.6 Å². The number of anilines is 2. The number of hydrogen-bond acceptors (Lipinski definition) is 3. The molecular weight excluding hydrogens is 312 g/mol. The van der Waals surface area contributed by atoms with Gasteiger partial charge in [-0.05, 0) is 68.7 Å². The minimum Gasteiger partial charge on any atom is -0.497 e. The average Bonchev–Trinajstić information content (AvgIpc) is 3.04. The van der Waals surface area contributed by atoms with Crippen LogP contribution in [0.15, 0.2) is 42.5 Å². The van der Waals surface area contributed by atoms with Crippen molar-refractivity contribution in [2.75, 3.05) is 23.9 Å². The first-order valence-corrected chi connectivity index (χ1v) is 8.84. The monoisotopic (exact) mass is 338 g/mol. The van der Waals surface area contributed by atoms with Gasteiger partial charge in [-0.2, -0.15) is 0 Å². The average molecular weight is 338 g/mol. The van der Waals surface area contributed by atoms with Crippen LogP contribution in [0.2, 0.25) is 0 Å². The molecule has 1 heterocycles. The van der Waals surface area contributed by atoms with Gasteiger partial charge in [0.1, 0.15) is 5.75 Å². The minimum absolute atomic E-state index is 0.00355. The number of methoxy groups -OCH3 is 1. The van der Waals surface area contributed by atoms with Crippen molar-refractivity contribution in [3.63, 3.8) is 0 Å². The maximum Gasteiger partial charge on any atom is 0.231 e. The van der Waals surface area contributed by atoms with E-state index >= 15 is 0 Å². The highest BCUT2D eigenvalue weighted by atomic mass is 16.5. The fourth-order valence-electron chi connectivity index (χ4n) is 3.34. The molecule has 0 bridgehead atoms. The third kappa shape index (κ3) is 3.63. The first kappa shape index (κ1) is 17.3. The molecule has 1 N–H and O–H groups in total. The summed E-state index contributed by atoms with van der Waals surface area (Å²) in [5.74, 6) is 0.583. The van der Waals surface area contributed by atoms with Crippen molar-refractivity contribution < 1.29 is 9.53 Å². The van der Waals surface area contributed by atoms with Gasteiger partial charge >= 0.3 is 0 Å². The predicted octanol–water partition coefficient (Wildman–Crippen LogP) is 4.21. The molecule has 132 valence electrons. The lowest BCUT2D eigenvalue weighted by Crippen LogP contribution is -2.28. The number of benzene rings is 2. The van der Waals surface area contributed by atoms with Crippen LogP contribution < -0.4 is 15.0 Å². The Kier molecular flexibility index (Phi) is 4.98. The summed E-state index contributed by atoms with van der Waals surface area (Å²) in [6.07, 6.45) is 1.03. The van der Waals surface area contributed by atoms with Gasteiger partial charge in [0.25, 0.3) is 0 Å². The van der Waals surface area contributed by atoms with Gasteiger partial charge in [0, 0.05) is 24.0 Å². The van der Waals surface area contributed by atoms with E-state index in [0.717, 1.165) is 30.0 Å². The number of rotatable bonds is 5. The highest BCUT2D eigenvalue weighted by Crippen LogP contribution is 2.32. The molecule has 0 fully saturated rings. The van der Waals surface area contributed by atoms with E-state index in [1.54, 1.807) is 7.11 Å². The molecule has 2 aromatic rings. The molecule has 2 aromatic carbocycles. The minimum atomic E-state index is -0.216. The van der Waals surface area contributed by atoms with Crippen LogP contribution in [0.4, 0.5) is 11.4 Å². The summed E-state index contributed by atoms with van der Waals surface area (Å²) in [7, 11) is 1.64. The van der Waals surface area contributed by atoms with Crippen molar-refractivity contribution in [1.29, 1.82) is 0 Å². The van der Waals surface area contributed by atoms with Crippen molar-refractivity contribution in [3.05, 3.63) is 53.6 Å². The first-order valence-electron chi connectivity index (χ1n) is 8.84. The van der Waals surface area contributed by atoms with E-state index in [1.807, 2.05) is 37.3 Å². The Hall–Kier alpha value is -2.49. The standard InChI is InChI=1S/C21H26N2O2/c1-14(2)23-12-11-17-13-18(7-10-20(17)23)22-21(24)15(3)16-5-8-19(25-4)9-6-16/h5-10,13-15H,11-12H2,1-4H3,(H,22,24). The molecule has 0 aliphatic carbocycles. The van der Waals surface area contributed by atoms with Gasteiger partial charge in [-0.15, -0.1) is 0 Å². The first-order chi connectivity index (χ1) is 12.0. The number of hydrogen-bond donors (Lipinski definition) is 1. The van der Waals surface area contributed by atoms with Crippen LogP contribution in [0, 0.1) is 0 Å². The van der Waals surface area contributed by atoms with E-state index in [4.69, 9.17) is 4.74 Å². The smallest absolute Gasteiger partial charge is 0.231 e. The number of nitrogens with one attached hydrogen (secondary N) is 1. The van der Waals surface area contributed by atoms with Crippen molar-refractivity contribution >= 4 is 17.3 Å². The lowest BCUT2D eigenvalue weighted by atomic mass is 10.00. The van der Waals surface area contributed by atoms with Crippen molar-refractivity contribution in [2.24, 2.45) is 0 Å². The molecule has 4 heteroatoms. The largest absolute Gasteiger partial charge is 0.497 e. The molecule has 1 atom stereocenters. The normalized spacial score (nSPS) is 14.4. The Labute approximate surface area is 149 Å². The fraction of sp³-hybridized carbons (Fsp3) is 0.381. The predicted molar refractivity (Wildman–Crippen MR) is 103 cm³/mol. The topological polar surface area (TPSA) is 41.6 Å². The van der Waals surface area contributed by atoms with Gasteiger partial charge < -0.3 is 15.0 Å². The molecular formula is C21H26N2O2. The Balaban J connectivity index is 1.70. The Morgan fingerprint density at radius 3 is 2.48 bits per heavy atom. The van der Waals surface area contributed by atoms with E-state index in [0.29, 0.717) is 6.04 Å². The number of amides is 1. The molecule has 0 saturated heterocycles. The van der Waals surface area contributed by atoms with E-state index in [-0.39, 0.29) is 11.8 Å². The lowest BCUT2D eigenvalue weighted by molar-refractivity contribution is -0.117. The second-order valence-electron chi connectivity index (χ2n) is 6.86. The summed E-state index contributed by atoms with van der Waals surface area (Å²) in [5, 5.41) is 3.05. The molecule has 0 aromatic heterocycles. The Morgan fingerprint density at radius 1 is 1.12 bits per heavy atom. The molecule has 25 heavy (non-hydrogen) atoms. The lowest BCUT2D eigenvalue weighted by Gasteiger charge is -2.24. The maximum absolute atomic E-state index is 12.6. The van der Waals surface area contributed by atoms with Crippen LogP contribution in [0.3, 0.4) is 0 Å². The van der Waals surface area contributed by atoms with Crippen LogP contribution in [0.1, 0.15) is 37.8 Å². The van der Waals surface area contributed by atoms with Crippen molar-refractivity contribution in [1.82, 2.24) is 0 Å². The number of carbonyl (C=O) groups excluding carboxylic acids is 1. The SMILES string of the molecule is COc1ccc(C(C)C(=O)Nc2ccc3c(c2)CCN3C(C)C)cc1. The van der Waals surface area contributed by atoms with Gasteiger partial charge in [0.05, 0.1) is 13.0 Å². The third-order valence-electron chi connectivity index (χ3n) is 4.91. The van der Waals surface area contributed by atoms with Gasteiger partial charge in [-0.3, -0.25) is 4.79 Å². The molecule has 1 aliphatic rings.